The molecule has 1 fully saturated rings. The third kappa shape index (κ3) is 8.59. The van der Waals surface area contributed by atoms with Gasteiger partial charge in [0.1, 0.15) is 24.7 Å². The molecule has 0 spiro atoms. The maximum Gasteiger partial charge on any atom is 0.243 e. The topological polar surface area (TPSA) is 102 Å². The minimum Gasteiger partial charge on any atom is -0.390 e. The molecule has 2 aromatic rings. The molecule has 0 aromatic heterocycles. The average Bonchev–Trinajstić information content (AvgIpc) is 2.86. The maximum atomic E-state index is 13.8. The van der Waals surface area contributed by atoms with Crippen molar-refractivity contribution in [2.24, 2.45) is 0 Å². The molecule has 2 aromatic carbocycles. The van der Waals surface area contributed by atoms with Crippen molar-refractivity contribution in [3.05, 3.63) is 70.8 Å². The van der Waals surface area contributed by atoms with Gasteiger partial charge in [0.25, 0.3) is 0 Å². The molecule has 0 saturated carbocycles. The Morgan fingerprint density at radius 2 is 1.63 bits per heavy atom. The molecule has 0 bridgehead atoms. The number of amides is 3. The summed E-state index contributed by atoms with van der Waals surface area (Å²) in [6.07, 6.45) is 0.485. The molecule has 38 heavy (non-hydrogen) atoms. The lowest BCUT2D eigenvalue weighted by Gasteiger charge is -2.34. The van der Waals surface area contributed by atoms with Crippen LogP contribution >= 0.6 is 0 Å². The van der Waals surface area contributed by atoms with E-state index >= 15 is 0 Å². The number of carbonyl (C=O) groups is 3. The number of piperazine rings is 1. The summed E-state index contributed by atoms with van der Waals surface area (Å²) >= 11 is 0. The molecule has 0 aliphatic carbocycles. The van der Waals surface area contributed by atoms with E-state index < -0.39 is 29.7 Å². The first-order valence-electron chi connectivity index (χ1n) is 12.9. The second-order valence-electron chi connectivity index (χ2n) is 9.59. The van der Waals surface area contributed by atoms with Crippen LogP contribution < -0.4 is 10.6 Å². The van der Waals surface area contributed by atoms with Crippen molar-refractivity contribution in [2.75, 3.05) is 32.7 Å². The Balaban J connectivity index is 1.65. The van der Waals surface area contributed by atoms with Crippen LogP contribution in [0.5, 0.6) is 0 Å². The van der Waals surface area contributed by atoms with Gasteiger partial charge in [-0.2, -0.15) is 0 Å². The molecule has 2 unspecified atom stereocenters. The second-order valence-corrected chi connectivity index (χ2v) is 9.59. The van der Waals surface area contributed by atoms with Gasteiger partial charge in [0.15, 0.2) is 0 Å². The number of aliphatic hydroxyl groups excluding tert-OH is 1. The fourth-order valence-corrected chi connectivity index (χ4v) is 4.48. The summed E-state index contributed by atoms with van der Waals surface area (Å²) in [6, 6.07) is 10.2. The van der Waals surface area contributed by atoms with E-state index in [1.54, 1.807) is 0 Å². The van der Waals surface area contributed by atoms with E-state index in [-0.39, 0.29) is 50.0 Å². The first-order chi connectivity index (χ1) is 18.2. The molecule has 206 valence electrons. The van der Waals surface area contributed by atoms with Crippen LogP contribution in [0.2, 0.25) is 0 Å². The van der Waals surface area contributed by atoms with E-state index in [2.05, 4.69) is 23.6 Å². The van der Waals surface area contributed by atoms with E-state index in [0.717, 1.165) is 36.6 Å². The Morgan fingerprint density at radius 3 is 2.32 bits per heavy atom. The van der Waals surface area contributed by atoms with Gasteiger partial charge in [-0.1, -0.05) is 38.1 Å². The van der Waals surface area contributed by atoms with Crippen LogP contribution in [0.25, 0.3) is 0 Å². The van der Waals surface area contributed by atoms with Crippen LogP contribution in [-0.4, -0.2) is 77.5 Å². The summed E-state index contributed by atoms with van der Waals surface area (Å²) in [5.41, 5.74) is 2.49. The Morgan fingerprint density at radius 1 is 0.974 bits per heavy atom. The van der Waals surface area contributed by atoms with Crippen molar-refractivity contribution in [1.82, 2.24) is 20.4 Å². The molecular weight excluding hydrogens is 494 g/mol. The van der Waals surface area contributed by atoms with Gasteiger partial charge in [-0.25, -0.2) is 8.78 Å². The minimum atomic E-state index is -1.10. The molecular formula is C28H36F2N4O4. The smallest absolute Gasteiger partial charge is 0.243 e. The number of nitrogens with zero attached hydrogens (tertiary/aromatic N) is 2. The van der Waals surface area contributed by atoms with E-state index in [1.165, 1.54) is 15.4 Å². The second kappa shape index (κ2) is 14.0. The summed E-state index contributed by atoms with van der Waals surface area (Å²) in [6.45, 7) is 4.38. The first-order valence-corrected chi connectivity index (χ1v) is 12.9. The van der Waals surface area contributed by atoms with Crippen molar-refractivity contribution in [3.63, 3.8) is 0 Å². The Hall–Kier alpha value is -3.37. The van der Waals surface area contributed by atoms with Crippen molar-refractivity contribution >= 4 is 17.7 Å². The van der Waals surface area contributed by atoms with E-state index in [0.29, 0.717) is 13.1 Å². The number of hydrogen-bond acceptors (Lipinski definition) is 5. The van der Waals surface area contributed by atoms with E-state index in [9.17, 15) is 28.3 Å². The van der Waals surface area contributed by atoms with E-state index in [1.807, 2.05) is 25.1 Å². The van der Waals surface area contributed by atoms with Crippen LogP contribution in [0.3, 0.4) is 0 Å². The molecule has 1 aliphatic rings. The number of carbonyl (C=O) groups excluding carboxylic acids is 3. The van der Waals surface area contributed by atoms with Crippen molar-refractivity contribution in [3.8, 4) is 0 Å². The first kappa shape index (κ1) is 29.2. The lowest BCUT2D eigenvalue weighted by Crippen LogP contribution is -2.57. The highest BCUT2D eigenvalue weighted by Gasteiger charge is 2.31. The van der Waals surface area contributed by atoms with Crippen molar-refractivity contribution < 1.29 is 28.3 Å². The number of hydrogen-bond donors (Lipinski definition) is 3. The third-order valence-electron chi connectivity index (χ3n) is 6.46. The maximum absolute atomic E-state index is 13.8. The molecule has 8 nitrogen and oxygen atoms in total. The SMILES string of the molecule is CCCN1CC(=O)N(CC(=O)NC(Cc2cc(F)cc(F)c2)C(O)CNCc2cccc(CC)c2)CC1=O. The summed E-state index contributed by atoms with van der Waals surface area (Å²) in [4.78, 5) is 40.3. The molecule has 1 saturated heterocycles. The van der Waals surface area contributed by atoms with Crippen molar-refractivity contribution in [1.29, 1.82) is 0 Å². The van der Waals surface area contributed by atoms with Gasteiger partial charge >= 0.3 is 0 Å². The molecule has 1 heterocycles. The Kier molecular flexibility index (Phi) is 10.7. The fraction of sp³-hybridized carbons (Fsp3) is 0.464. The van der Waals surface area contributed by atoms with Gasteiger partial charge in [-0.05, 0) is 48.1 Å². The molecule has 1 aliphatic heterocycles. The molecule has 3 amide bonds. The number of aryl methyl sites for hydroxylation is 1. The Labute approximate surface area is 222 Å². The average molecular weight is 531 g/mol. The molecule has 0 radical (unpaired) electrons. The lowest BCUT2D eigenvalue weighted by molar-refractivity contribution is -0.151. The number of rotatable bonds is 13. The van der Waals surface area contributed by atoms with Crippen molar-refractivity contribution in [2.45, 2.75) is 51.8 Å². The highest BCUT2D eigenvalue weighted by atomic mass is 19.1. The molecule has 10 heteroatoms. The van der Waals surface area contributed by atoms with Crippen LogP contribution in [0.4, 0.5) is 8.78 Å². The molecule has 3 N–H and O–H groups in total. The summed E-state index contributed by atoms with van der Waals surface area (Å²) in [7, 11) is 0. The highest BCUT2D eigenvalue weighted by molar-refractivity contribution is 5.95. The summed E-state index contributed by atoms with van der Waals surface area (Å²) in [5, 5.41) is 16.8. The van der Waals surface area contributed by atoms with Gasteiger partial charge in [-0.15, -0.1) is 0 Å². The largest absolute Gasteiger partial charge is 0.390 e. The summed E-state index contributed by atoms with van der Waals surface area (Å²) < 4.78 is 27.6. The van der Waals surface area contributed by atoms with Gasteiger partial charge in [0.2, 0.25) is 17.7 Å². The monoisotopic (exact) mass is 530 g/mol. The zero-order valence-electron chi connectivity index (χ0n) is 21.9. The zero-order chi connectivity index (χ0) is 27.7. The van der Waals surface area contributed by atoms with Crippen LogP contribution in [-0.2, 0) is 33.8 Å². The highest BCUT2D eigenvalue weighted by Crippen LogP contribution is 2.13. The number of halogens is 2. The minimum absolute atomic E-state index is 0.0360. The number of benzene rings is 2. The third-order valence-corrected chi connectivity index (χ3v) is 6.46. The van der Waals surface area contributed by atoms with Crippen LogP contribution in [0, 0.1) is 11.6 Å². The van der Waals surface area contributed by atoms with Gasteiger partial charge in [0, 0.05) is 25.7 Å². The predicted molar refractivity (Wildman–Crippen MR) is 139 cm³/mol. The molecule has 3 rings (SSSR count). The number of aliphatic hydroxyl groups is 1. The fourth-order valence-electron chi connectivity index (χ4n) is 4.48. The summed E-state index contributed by atoms with van der Waals surface area (Å²) in [5.74, 6) is -2.67. The quantitative estimate of drug-likeness (QED) is 0.367. The van der Waals surface area contributed by atoms with Crippen LogP contribution in [0.1, 0.15) is 37.0 Å². The van der Waals surface area contributed by atoms with Gasteiger partial charge < -0.3 is 25.5 Å². The number of nitrogens with one attached hydrogen (secondary N) is 2. The molecule has 2 atom stereocenters. The standard InChI is InChI=1S/C28H36F2N4O4/c1-3-8-33-17-28(38)34(18-27(33)37)16-26(36)32-24(12-21-10-22(29)13-23(30)11-21)25(35)15-31-14-20-7-5-6-19(4-2)9-20/h5-7,9-11,13,24-25,31,35H,3-4,8,12,14-18H2,1-2H3,(H,32,36). The predicted octanol–water partition coefficient (Wildman–Crippen LogP) is 1.79. The lowest BCUT2D eigenvalue weighted by atomic mass is 10.0. The van der Waals surface area contributed by atoms with Gasteiger partial charge in [-0.3, -0.25) is 14.4 Å². The van der Waals surface area contributed by atoms with E-state index in [4.69, 9.17) is 0 Å². The zero-order valence-corrected chi connectivity index (χ0v) is 21.9. The Bertz CT molecular complexity index is 1110. The van der Waals surface area contributed by atoms with Gasteiger partial charge in [0.05, 0.1) is 18.7 Å². The van der Waals surface area contributed by atoms with Crippen LogP contribution in [0.15, 0.2) is 42.5 Å². The normalized spacial score (nSPS) is 15.5.